The quantitative estimate of drug-likeness (QED) is 0.831. The molecule has 0 aromatic carbocycles. The third kappa shape index (κ3) is 2.87. The second-order valence-electron chi connectivity index (χ2n) is 3.07. The fourth-order valence-corrected chi connectivity index (χ4v) is 2.00. The number of aromatic nitrogens is 2. The third-order valence-corrected chi connectivity index (χ3v) is 3.03. The molecule has 1 aromatic rings. The van der Waals surface area contributed by atoms with Gasteiger partial charge in [-0.05, 0) is 19.1 Å². The van der Waals surface area contributed by atoms with Crippen molar-refractivity contribution in [1.29, 1.82) is 0 Å². The van der Waals surface area contributed by atoms with E-state index in [2.05, 4.69) is 23.8 Å². The van der Waals surface area contributed by atoms with Gasteiger partial charge in [0.2, 0.25) is 0 Å². The highest BCUT2D eigenvalue weighted by atomic mass is 32.2. The molecular weight excluding hydrogens is 196 g/mol. The zero-order chi connectivity index (χ0) is 10.6. The molecule has 1 heterocycles. The van der Waals surface area contributed by atoms with Crippen molar-refractivity contribution >= 4 is 11.8 Å². The van der Waals surface area contributed by atoms with Gasteiger partial charge in [0.05, 0.1) is 5.25 Å². The lowest BCUT2D eigenvalue weighted by molar-refractivity contribution is 0.858. The Morgan fingerprint density at radius 2 is 2.29 bits per heavy atom. The van der Waals surface area contributed by atoms with Crippen LogP contribution >= 0.6 is 11.8 Å². The first-order valence-electron chi connectivity index (χ1n) is 4.89. The summed E-state index contributed by atoms with van der Waals surface area (Å²) in [4.78, 5) is 18.4. The number of aromatic amines is 1. The lowest BCUT2D eigenvalue weighted by atomic mass is 10.3. The largest absolute Gasteiger partial charge is 0.310 e. The molecule has 0 aliphatic rings. The van der Waals surface area contributed by atoms with Crippen molar-refractivity contribution in [1.82, 2.24) is 9.97 Å². The smallest absolute Gasteiger partial charge is 0.251 e. The first-order chi connectivity index (χ1) is 6.67. The number of aryl methyl sites for hydroxylation is 1. The van der Waals surface area contributed by atoms with E-state index in [1.807, 2.05) is 6.92 Å². The molecule has 0 radical (unpaired) electrons. The number of nitrogens with zero attached hydrogens (tertiary/aromatic N) is 1. The predicted molar refractivity (Wildman–Crippen MR) is 60.8 cm³/mol. The normalized spacial score (nSPS) is 12.8. The van der Waals surface area contributed by atoms with Crippen LogP contribution in [0.4, 0.5) is 0 Å². The van der Waals surface area contributed by atoms with Gasteiger partial charge < -0.3 is 4.98 Å². The van der Waals surface area contributed by atoms with Gasteiger partial charge in [0.25, 0.3) is 5.56 Å². The first-order valence-corrected chi connectivity index (χ1v) is 5.94. The summed E-state index contributed by atoms with van der Waals surface area (Å²) in [5.41, 5.74) is 0.822. The molecule has 0 saturated heterocycles. The van der Waals surface area contributed by atoms with Crippen LogP contribution in [-0.2, 0) is 6.42 Å². The van der Waals surface area contributed by atoms with Crippen LogP contribution in [0.25, 0.3) is 0 Å². The molecule has 1 N–H and O–H groups in total. The Morgan fingerprint density at radius 1 is 1.57 bits per heavy atom. The molecule has 1 rings (SSSR count). The second-order valence-corrected chi connectivity index (χ2v) is 4.69. The van der Waals surface area contributed by atoms with Crippen molar-refractivity contribution in [3.8, 4) is 0 Å². The Balaban J connectivity index is 2.96. The SMILES string of the molecule is CCSC(C)c1nc(CC)cc(=O)[nH]1. The summed E-state index contributed by atoms with van der Waals surface area (Å²) in [5, 5.41) is 0.263. The van der Waals surface area contributed by atoms with Gasteiger partial charge in [0, 0.05) is 11.8 Å². The van der Waals surface area contributed by atoms with Crippen molar-refractivity contribution in [2.24, 2.45) is 0 Å². The Hall–Kier alpha value is -0.770. The summed E-state index contributed by atoms with van der Waals surface area (Å²) >= 11 is 1.78. The van der Waals surface area contributed by atoms with Gasteiger partial charge in [-0.25, -0.2) is 4.98 Å². The number of rotatable bonds is 4. The van der Waals surface area contributed by atoms with E-state index in [1.54, 1.807) is 17.8 Å². The molecule has 0 saturated carbocycles. The summed E-state index contributed by atoms with van der Waals surface area (Å²) in [6.45, 7) is 6.16. The maximum absolute atomic E-state index is 11.3. The fraction of sp³-hybridized carbons (Fsp3) is 0.600. The number of nitrogens with one attached hydrogen (secondary N) is 1. The van der Waals surface area contributed by atoms with Crippen LogP contribution in [0.15, 0.2) is 10.9 Å². The zero-order valence-corrected chi connectivity index (χ0v) is 9.65. The van der Waals surface area contributed by atoms with Crippen molar-refractivity contribution in [3.05, 3.63) is 27.9 Å². The number of H-pyrrole nitrogens is 1. The van der Waals surface area contributed by atoms with E-state index in [0.29, 0.717) is 0 Å². The van der Waals surface area contributed by atoms with Gasteiger partial charge in [-0.1, -0.05) is 13.8 Å². The average Bonchev–Trinajstić information content (AvgIpc) is 2.17. The zero-order valence-electron chi connectivity index (χ0n) is 8.83. The minimum absolute atomic E-state index is 0.0459. The van der Waals surface area contributed by atoms with E-state index in [-0.39, 0.29) is 10.8 Å². The summed E-state index contributed by atoms with van der Waals surface area (Å²) in [6.07, 6.45) is 0.806. The van der Waals surface area contributed by atoms with Crippen molar-refractivity contribution in [2.75, 3.05) is 5.75 Å². The van der Waals surface area contributed by atoms with Crippen molar-refractivity contribution < 1.29 is 0 Å². The molecule has 0 bridgehead atoms. The molecule has 14 heavy (non-hydrogen) atoms. The van der Waals surface area contributed by atoms with Crippen LogP contribution in [-0.4, -0.2) is 15.7 Å². The molecule has 1 atom stereocenters. The topological polar surface area (TPSA) is 45.8 Å². The van der Waals surface area contributed by atoms with Gasteiger partial charge in [-0.15, -0.1) is 0 Å². The van der Waals surface area contributed by atoms with E-state index in [4.69, 9.17) is 0 Å². The summed E-state index contributed by atoms with van der Waals surface area (Å²) < 4.78 is 0. The lowest BCUT2D eigenvalue weighted by Gasteiger charge is -2.09. The molecule has 0 aliphatic carbocycles. The van der Waals surface area contributed by atoms with E-state index >= 15 is 0 Å². The van der Waals surface area contributed by atoms with Crippen LogP contribution in [0.2, 0.25) is 0 Å². The average molecular weight is 212 g/mol. The number of hydrogen-bond donors (Lipinski definition) is 1. The molecule has 0 aliphatic heterocycles. The van der Waals surface area contributed by atoms with Crippen molar-refractivity contribution in [3.63, 3.8) is 0 Å². The van der Waals surface area contributed by atoms with Crippen LogP contribution in [0, 0.1) is 0 Å². The molecular formula is C10H16N2OS. The van der Waals surface area contributed by atoms with Crippen LogP contribution in [0.3, 0.4) is 0 Å². The standard InChI is InChI=1S/C10H16N2OS/c1-4-8-6-9(13)12-10(11-8)7(3)14-5-2/h6-7H,4-5H2,1-3H3,(H,11,12,13). The molecule has 78 valence electrons. The highest BCUT2D eigenvalue weighted by Crippen LogP contribution is 2.23. The van der Waals surface area contributed by atoms with Gasteiger partial charge in [-0.2, -0.15) is 11.8 Å². The highest BCUT2D eigenvalue weighted by Gasteiger charge is 2.08. The first kappa shape index (κ1) is 11.3. The Morgan fingerprint density at radius 3 is 2.86 bits per heavy atom. The molecule has 4 heteroatoms. The third-order valence-electron chi connectivity index (χ3n) is 1.98. The predicted octanol–water partition coefficient (Wildman–Crippen LogP) is 2.15. The van der Waals surface area contributed by atoms with E-state index in [9.17, 15) is 4.79 Å². The Kier molecular flexibility index (Phi) is 4.20. The molecule has 0 amide bonds. The van der Waals surface area contributed by atoms with Gasteiger partial charge in [0.15, 0.2) is 0 Å². The Labute approximate surface area is 88.3 Å². The minimum Gasteiger partial charge on any atom is -0.310 e. The van der Waals surface area contributed by atoms with Crippen LogP contribution in [0.1, 0.15) is 37.5 Å². The Bertz CT molecular complexity index is 348. The van der Waals surface area contributed by atoms with E-state index in [0.717, 1.165) is 23.7 Å². The molecule has 1 unspecified atom stereocenters. The summed E-state index contributed by atoms with van der Waals surface area (Å²) in [6, 6.07) is 1.56. The van der Waals surface area contributed by atoms with E-state index in [1.165, 1.54) is 0 Å². The monoisotopic (exact) mass is 212 g/mol. The maximum Gasteiger partial charge on any atom is 0.251 e. The molecule has 0 fully saturated rings. The molecule has 0 spiro atoms. The summed E-state index contributed by atoms with van der Waals surface area (Å²) in [5.74, 6) is 1.82. The lowest BCUT2D eigenvalue weighted by Crippen LogP contribution is -2.13. The van der Waals surface area contributed by atoms with Gasteiger partial charge >= 0.3 is 0 Å². The van der Waals surface area contributed by atoms with Crippen LogP contribution in [0.5, 0.6) is 0 Å². The summed E-state index contributed by atoms with van der Waals surface area (Å²) in [7, 11) is 0. The van der Waals surface area contributed by atoms with Gasteiger partial charge in [0.1, 0.15) is 5.82 Å². The van der Waals surface area contributed by atoms with Gasteiger partial charge in [-0.3, -0.25) is 4.79 Å². The van der Waals surface area contributed by atoms with E-state index < -0.39 is 0 Å². The maximum atomic E-state index is 11.3. The molecule has 1 aromatic heterocycles. The number of hydrogen-bond acceptors (Lipinski definition) is 3. The fourth-order valence-electron chi connectivity index (χ4n) is 1.23. The second kappa shape index (κ2) is 5.20. The molecule has 3 nitrogen and oxygen atoms in total. The van der Waals surface area contributed by atoms with Crippen molar-refractivity contribution in [2.45, 2.75) is 32.4 Å². The van der Waals surface area contributed by atoms with Crippen LogP contribution < -0.4 is 5.56 Å². The minimum atomic E-state index is -0.0459. The number of thioether (sulfide) groups is 1. The highest BCUT2D eigenvalue weighted by molar-refractivity contribution is 7.99.